The van der Waals surface area contributed by atoms with Gasteiger partial charge in [-0.1, -0.05) is 66.2 Å². The molecule has 0 aromatic heterocycles. The monoisotopic (exact) mass is 242 g/mol. The molecule has 1 unspecified atom stereocenters. The number of allylic oxidation sites excluding steroid dienone is 2. The smallest absolute Gasteiger partial charge is 0.0406 e. The highest BCUT2D eigenvalue weighted by Crippen LogP contribution is 2.26. The molecule has 0 aliphatic rings. The molecule has 0 fully saturated rings. The van der Waals surface area contributed by atoms with E-state index in [4.69, 9.17) is 11.6 Å². The molecular weight excluding hydrogens is 228 g/mol. The molecule has 0 radical (unpaired) electrons. The predicted octanol–water partition coefficient (Wildman–Crippen LogP) is 5.05. The second-order valence-electron chi connectivity index (χ2n) is 3.97. The Morgan fingerprint density at radius 2 is 1.47 bits per heavy atom. The summed E-state index contributed by atoms with van der Waals surface area (Å²) in [6, 6.07) is 18.5. The summed E-state index contributed by atoms with van der Waals surface area (Å²) in [6.45, 7) is 2.05. The van der Waals surface area contributed by atoms with Crippen molar-refractivity contribution < 1.29 is 0 Å². The second kappa shape index (κ2) is 5.70. The number of hydrogen-bond acceptors (Lipinski definition) is 0. The van der Waals surface area contributed by atoms with Crippen LogP contribution in [0.4, 0.5) is 0 Å². The molecule has 86 valence electrons. The van der Waals surface area contributed by atoms with E-state index in [1.54, 1.807) is 0 Å². The molecule has 0 nitrogen and oxygen atoms in total. The molecule has 0 heterocycles. The first-order chi connectivity index (χ1) is 8.31. The van der Waals surface area contributed by atoms with Gasteiger partial charge in [0.1, 0.15) is 0 Å². The maximum Gasteiger partial charge on any atom is 0.0406 e. The number of benzene rings is 2. The fraction of sp³-hybridized carbons (Fsp3) is 0.125. The van der Waals surface area contributed by atoms with E-state index in [0.717, 1.165) is 5.02 Å². The summed E-state index contributed by atoms with van der Waals surface area (Å²) in [7, 11) is 0. The van der Waals surface area contributed by atoms with Crippen molar-refractivity contribution in [2.45, 2.75) is 12.8 Å². The molecule has 2 aromatic rings. The lowest BCUT2D eigenvalue weighted by Gasteiger charge is -2.13. The summed E-state index contributed by atoms with van der Waals surface area (Å²) in [6.07, 6.45) is 4.30. The summed E-state index contributed by atoms with van der Waals surface area (Å²) < 4.78 is 0. The van der Waals surface area contributed by atoms with E-state index in [1.165, 1.54) is 11.1 Å². The molecule has 1 atom stereocenters. The van der Waals surface area contributed by atoms with Crippen LogP contribution < -0.4 is 0 Å². The van der Waals surface area contributed by atoms with Crippen LogP contribution in [0.5, 0.6) is 0 Å². The molecule has 1 heteroatoms. The van der Waals surface area contributed by atoms with E-state index in [2.05, 4.69) is 48.6 Å². The molecule has 17 heavy (non-hydrogen) atoms. The summed E-state index contributed by atoms with van der Waals surface area (Å²) >= 11 is 5.92. The molecule has 0 spiro atoms. The van der Waals surface area contributed by atoms with E-state index in [0.29, 0.717) is 5.92 Å². The van der Waals surface area contributed by atoms with Gasteiger partial charge in [-0.25, -0.2) is 0 Å². The second-order valence-corrected chi connectivity index (χ2v) is 4.40. The maximum absolute atomic E-state index is 5.92. The molecule has 0 amide bonds. The van der Waals surface area contributed by atoms with Crippen LogP contribution in [-0.4, -0.2) is 0 Å². The molecule has 2 aromatic carbocycles. The van der Waals surface area contributed by atoms with Crippen molar-refractivity contribution in [2.75, 3.05) is 0 Å². The average Bonchev–Trinajstić information content (AvgIpc) is 2.38. The SMILES string of the molecule is CC=CC(c1ccccc1)c1ccc(Cl)cc1. The van der Waals surface area contributed by atoms with E-state index in [1.807, 2.05) is 25.1 Å². The summed E-state index contributed by atoms with van der Waals surface area (Å²) in [5.41, 5.74) is 2.56. The highest BCUT2D eigenvalue weighted by Gasteiger charge is 2.09. The van der Waals surface area contributed by atoms with Crippen LogP contribution in [0, 0.1) is 0 Å². The van der Waals surface area contributed by atoms with Gasteiger partial charge in [0.15, 0.2) is 0 Å². The van der Waals surface area contributed by atoms with Crippen molar-refractivity contribution in [1.82, 2.24) is 0 Å². The highest BCUT2D eigenvalue weighted by atomic mass is 35.5. The largest absolute Gasteiger partial charge is 0.0907 e. The Kier molecular flexibility index (Phi) is 4.00. The van der Waals surface area contributed by atoms with Crippen molar-refractivity contribution in [2.24, 2.45) is 0 Å². The van der Waals surface area contributed by atoms with Crippen LogP contribution in [0.3, 0.4) is 0 Å². The molecule has 2 rings (SSSR count). The van der Waals surface area contributed by atoms with E-state index in [9.17, 15) is 0 Å². The lowest BCUT2D eigenvalue weighted by Crippen LogP contribution is -1.97. The normalized spacial score (nSPS) is 12.8. The Labute approximate surface area is 108 Å². The Morgan fingerprint density at radius 1 is 0.882 bits per heavy atom. The summed E-state index contributed by atoms with van der Waals surface area (Å²) in [4.78, 5) is 0. The van der Waals surface area contributed by atoms with Gasteiger partial charge in [-0.15, -0.1) is 0 Å². The zero-order valence-corrected chi connectivity index (χ0v) is 10.6. The Morgan fingerprint density at radius 3 is 2.06 bits per heavy atom. The van der Waals surface area contributed by atoms with Crippen LogP contribution >= 0.6 is 11.6 Å². The summed E-state index contributed by atoms with van der Waals surface area (Å²) in [5, 5.41) is 0.779. The van der Waals surface area contributed by atoms with Crippen LogP contribution in [0.1, 0.15) is 24.0 Å². The Hall–Kier alpha value is -1.53. The number of hydrogen-bond donors (Lipinski definition) is 0. The fourth-order valence-electron chi connectivity index (χ4n) is 1.94. The van der Waals surface area contributed by atoms with Crippen LogP contribution in [0.25, 0.3) is 0 Å². The van der Waals surface area contributed by atoms with Crippen molar-refractivity contribution in [1.29, 1.82) is 0 Å². The third-order valence-electron chi connectivity index (χ3n) is 2.77. The Bertz CT molecular complexity index is 483. The molecule has 0 bridgehead atoms. The average molecular weight is 243 g/mol. The third kappa shape index (κ3) is 2.98. The molecule has 0 N–H and O–H groups in total. The molecule has 0 saturated heterocycles. The van der Waals surface area contributed by atoms with Crippen LogP contribution in [-0.2, 0) is 0 Å². The first kappa shape index (κ1) is 11.9. The Balaban J connectivity index is 2.39. The number of halogens is 1. The first-order valence-electron chi connectivity index (χ1n) is 5.74. The molecule has 0 aliphatic carbocycles. The van der Waals surface area contributed by atoms with E-state index >= 15 is 0 Å². The summed E-state index contributed by atoms with van der Waals surface area (Å²) in [5.74, 6) is 0.304. The van der Waals surface area contributed by atoms with E-state index < -0.39 is 0 Å². The maximum atomic E-state index is 5.92. The van der Waals surface area contributed by atoms with Gasteiger partial charge in [0, 0.05) is 10.9 Å². The van der Waals surface area contributed by atoms with Gasteiger partial charge in [0.2, 0.25) is 0 Å². The molecule has 0 saturated carbocycles. The minimum Gasteiger partial charge on any atom is -0.0907 e. The van der Waals surface area contributed by atoms with Gasteiger partial charge in [-0.05, 0) is 30.2 Å². The van der Waals surface area contributed by atoms with Gasteiger partial charge < -0.3 is 0 Å². The van der Waals surface area contributed by atoms with Gasteiger partial charge in [0.05, 0.1) is 0 Å². The first-order valence-corrected chi connectivity index (χ1v) is 6.12. The van der Waals surface area contributed by atoms with E-state index in [-0.39, 0.29) is 0 Å². The van der Waals surface area contributed by atoms with Crippen molar-refractivity contribution in [3.8, 4) is 0 Å². The number of rotatable bonds is 3. The van der Waals surface area contributed by atoms with Gasteiger partial charge >= 0.3 is 0 Å². The van der Waals surface area contributed by atoms with Crippen LogP contribution in [0.2, 0.25) is 5.02 Å². The minimum absolute atomic E-state index is 0.304. The highest BCUT2D eigenvalue weighted by molar-refractivity contribution is 6.30. The fourth-order valence-corrected chi connectivity index (χ4v) is 2.06. The van der Waals surface area contributed by atoms with Crippen molar-refractivity contribution in [3.63, 3.8) is 0 Å². The zero-order valence-electron chi connectivity index (χ0n) is 9.81. The quantitative estimate of drug-likeness (QED) is 0.661. The van der Waals surface area contributed by atoms with Crippen LogP contribution in [0.15, 0.2) is 66.7 Å². The molecule has 0 aliphatic heterocycles. The minimum atomic E-state index is 0.304. The topological polar surface area (TPSA) is 0 Å². The predicted molar refractivity (Wildman–Crippen MR) is 74.6 cm³/mol. The molecular formula is C16H15Cl. The van der Waals surface area contributed by atoms with Gasteiger partial charge in [-0.3, -0.25) is 0 Å². The van der Waals surface area contributed by atoms with Gasteiger partial charge in [0.25, 0.3) is 0 Å². The lowest BCUT2D eigenvalue weighted by molar-refractivity contribution is 1.02. The van der Waals surface area contributed by atoms with Crippen molar-refractivity contribution >= 4 is 11.6 Å². The lowest BCUT2D eigenvalue weighted by atomic mass is 9.91. The zero-order chi connectivity index (χ0) is 12.1. The standard InChI is InChI=1S/C16H15Cl/c1-2-6-16(13-7-4-3-5-8-13)14-9-11-15(17)12-10-14/h2-12,16H,1H3. The van der Waals surface area contributed by atoms with Crippen molar-refractivity contribution in [3.05, 3.63) is 82.9 Å². The van der Waals surface area contributed by atoms with Gasteiger partial charge in [-0.2, -0.15) is 0 Å². The third-order valence-corrected chi connectivity index (χ3v) is 3.02.